The van der Waals surface area contributed by atoms with Crippen LogP contribution in [0, 0.1) is 52.9 Å². The van der Waals surface area contributed by atoms with Crippen LogP contribution in [0.3, 0.4) is 0 Å². The molecule has 0 atom stereocenters. The zero-order valence-electron chi connectivity index (χ0n) is 32.2. The van der Waals surface area contributed by atoms with Crippen LogP contribution in [0.4, 0.5) is 34.5 Å². The number of nitriles is 1. The number of halogens is 8. The van der Waals surface area contributed by atoms with Gasteiger partial charge in [0.2, 0.25) is 0 Å². The first kappa shape index (κ1) is 52.8. The van der Waals surface area contributed by atoms with Gasteiger partial charge in [-0.3, -0.25) is 0 Å². The van der Waals surface area contributed by atoms with Gasteiger partial charge < -0.3 is 52.8 Å². The van der Waals surface area contributed by atoms with Crippen LogP contribution in [-0.2, 0) is 70.9 Å². The third-order valence-corrected chi connectivity index (χ3v) is 8.18. The van der Waals surface area contributed by atoms with Crippen molar-refractivity contribution in [2.24, 2.45) is 0 Å². The van der Waals surface area contributed by atoms with Gasteiger partial charge >= 0.3 is 59.3 Å². The number of nitrogens with zero attached hydrogens (tertiary/aromatic N) is 9. The van der Waals surface area contributed by atoms with Crippen LogP contribution < -0.4 is 0 Å². The quantitative estimate of drug-likeness (QED) is 0.112. The molecular formula is C36H43Ag2B2F8N9. The van der Waals surface area contributed by atoms with Crippen molar-refractivity contribution in [2.45, 2.75) is 74.6 Å². The maximum absolute atomic E-state index is 9.75. The van der Waals surface area contributed by atoms with Crippen molar-refractivity contribution in [1.82, 2.24) is 38.2 Å². The molecule has 0 aliphatic heterocycles. The van der Waals surface area contributed by atoms with Gasteiger partial charge in [-0.25, -0.2) is 19.9 Å². The summed E-state index contributed by atoms with van der Waals surface area (Å²) in [6.45, 7) is 18.1. The predicted octanol–water partition coefficient (Wildman–Crippen LogP) is 9.33. The van der Waals surface area contributed by atoms with E-state index in [0.717, 1.165) is 26.2 Å². The van der Waals surface area contributed by atoms with Crippen LogP contribution >= 0.6 is 0 Å². The first-order valence-electron chi connectivity index (χ1n) is 16.8. The first-order valence-corrected chi connectivity index (χ1v) is 16.8. The summed E-state index contributed by atoms with van der Waals surface area (Å²) in [6, 6.07) is 6.32. The molecule has 21 heteroatoms. The van der Waals surface area contributed by atoms with E-state index >= 15 is 0 Å². The Morgan fingerprint density at radius 2 is 0.649 bits per heavy atom. The minimum Gasteiger partial charge on any atom is -0.418 e. The molecular weight excluding hydrogens is 948 g/mol. The molecule has 9 nitrogen and oxygen atoms in total. The van der Waals surface area contributed by atoms with E-state index in [1.807, 2.05) is 74.9 Å². The van der Waals surface area contributed by atoms with E-state index in [-0.39, 0.29) is 44.8 Å². The third-order valence-electron chi connectivity index (χ3n) is 8.18. The molecule has 0 bridgehead atoms. The Labute approximate surface area is 358 Å². The second kappa shape index (κ2) is 25.2. The fraction of sp³-hybridized carbons (Fsp3) is 0.306. The van der Waals surface area contributed by atoms with Gasteiger partial charge in [0.05, 0.1) is 31.4 Å². The minimum absolute atomic E-state index is 0. The summed E-state index contributed by atoms with van der Waals surface area (Å²) < 4.78 is 86.5. The van der Waals surface area contributed by atoms with Crippen molar-refractivity contribution in [3.8, 4) is 6.07 Å². The van der Waals surface area contributed by atoms with Crippen molar-refractivity contribution in [1.29, 1.82) is 5.26 Å². The average molecular weight is 991 g/mol. The Bertz CT molecular complexity index is 1770. The predicted molar refractivity (Wildman–Crippen MR) is 198 cm³/mol. The number of hydrogen-bond donors (Lipinski definition) is 0. The van der Waals surface area contributed by atoms with Crippen LogP contribution in [0.5, 0.6) is 0 Å². The Morgan fingerprint density at radius 3 is 0.789 bits per heavy atom. The molecule has 2 aromatic carbocycles. The Hall–Kier alpha value is -4.18. The number of hydrogen-bond acceptors (Lipinski definition) is 5. The van der Waals surface area contributed by atoms with Crippen LogP contribution in [0.1, 0.15) is 62.6 Å². The normalized spacial score (nSPS) is 10.4. The van der Waals surface area contributed by atoms with E-state index < -0.39 is 14.5 Å². The molecule has 0 spiro atoms. The zero-order chi connectivity index (χ0) is 41.3. The van der Waals surface area contributed by atoms with Gasteiger partial charge in [-0.15, -0.1) is 0 Å². The first-order chi connectivity index (χ1) is 25.7. The minimum atomic E-state index is -6.00. The van der Waals surface area contributed by atoms with Gasteiger partial charge in [-0.05, 0) is 97.2 Å². The van der Waals surface area contributed by atoms with E-state index in [9.17, 15) is 34.5 Å². The molecule has 57 heavy (non-hydrogen) atoms. The number of rotatable bonds is 8. The van der Waals surface area contributed by atoms with Crippen molar-refractivity contribution >= 4 is 14.5 Å². The molecule has 6 rings (SSSR count). The molecule has 0 fully saturated rings. The SMILES string of the molecule is CC#N.Cc1cc(C)c(Cn2ccnc2)c(C)c1Cn1ccnc1.Cc1cc(C)c(Cn2ccnc2)c(C)c1Cn1ccnc1.F[B-](F)(F)F.F[B-](F)(F)F.[Ag+].[Ag+]. The molecule has 0 unspecified atom stereocenters. The summed E-state index contributed by atoms with van der Waals surface area (Å²) >= 11 is 0. The van der Waals surface area contributed by atoms with Crippen LogP contribution in [0.15, 0.2) is 87.0 Å². The molecule has 0 aliphatic rings. The topological polar surface area (TPSA) is 95.1 Å². The van der Waals surface area contributed by atoms with Gasteiger partial charge in [-0.2, -0.15) is 5.26 Å². The molecule has 6 aromatic rings. The standard InChI is InChI=1S/2C17H20N4.C2H3N.2Ag.2BF4/c2*1-13-8-14(2)17(10-21-7-5-19-12-21)15(3)16(13)9-20-6-4-18-11-20;1-2-3;;;2*2-1(3,4)5/h2*4-8,11-12H,9-10H2,1-3H3;1H3;;;;/q;;;2*+1;2*-1. The third kappa shape index (κ3) is 20.2. The molecule has 0 radical (unpaired) electrons. The number of imidazole rings is 4. The Balaban J connectivity index is 0.000000822. The largest absolute Gasteiger partial charge is 1.00 e. The van der Waals surface area contributed by atoms with Crippen molar-refractivity contribution in [2.75, 3.05) is 0 Å². The van der Waals surface area contributed by atoms with E-state index in [2.05, 4.69) is 91.9 Å². The van der Waals surface area contributed by atoms with Crippen molar-refractivity contribution in [3.05, 3.63) is 143 Å². The fourth-order valence-corrected chi connectivity index (χ4v) is 5.77. The maximum atomic E-state index is 9.75. The van der Waals surface area contributed by atoms with Gasteiger partial charge in [0.15, 0.2) is 0 Å². The molecule has 4 heterocycles. The van der Waals surface area contributed by atoms with Crippen LogP contribution in [0.25, 0.3) is 0 Å². The monoisotopic (exact) mass is 989 g/mol. The Morgan fingerprint density at radius 1 is 0.474 bits per heavy atom. The van der Waals surface area contributed by atoms with Gasteiger partial charge in [0, 0.05) is 82.7 Å². The summed E-state index contributed by atoms with van der Waals surface area (Å²) in [4.78, 5) is 16.5. The van der Waals surface area contributed by atoms with E-state index in [1.54, 1.807) is 6.07 Å². The van der Waals surface area contributed by atoms with Crippen molar-refractivity contribution in [3.63, 3.8) is 0 Å². The molecule has 0 amide bonds. The molecule has 0 N–H and O–H groups in total. The summed E-state index contributed by atoms with van der Waals surface area (Å²) in [6.07, 6.45) is 22.8. The second-order valence-electron chi connectivity index (χ2n) is 12.3. The summed E-state index contributed by atoms with van der Waals surface area (Å²) in [5.74, 6) is 0. The number of benzene rings is 2. The average Bonchev–Trinajstić information content (AvgIpc) is 3.91. The summed E-state index contributed by atoms with van der Waals surface area (Å²) in [5, 5.41) is 7.32. The number of aryl methyl sites for hydroxylation is 4. The molecule has 0 aliphatic carbocycles. The second-order valence-corrected chi connectivity index (χ2v) is 12.3. The van der Waals surface area contributed by atoms with Crippen LogP contribution in [0.2, 0.25) is 0 Å². The molecule has 4 aromatic heterocycles. The molecule has 0 saturated carbocycles. The van der Waals surface area contributed by atoms with Gasteiger partial charge in [0.25, 0.3) is 0 Å². The van der Waals surface area contributed by atoms with Crippen molar-refractivity contribution < 1.29 is 79.3 Å². The number of aromatic nitrogens is 8. The van der Waals surface area contributed by atoms with E-state index in [1.165, 1.54) is 62.6 Å². The maximum Gasteiger partial charge on any atom is 1.00 e. The van der Waals surface area contributed by atoms with Gasteiger partial charge in [-0.1, -0.05) is 12.1 Å². The smallest absolute Gasteiger partial charge is 0.418 e. The summed E-state index contributed by atoms with van der Waals surface area (Å²) in [5.41, 5.74) is 13.6. The van der Waals surface area contributed by atoms with Gasteiger partial charge in [0.1, 0.15) is 0 Å². The fourth-order valence-electron chi connectivity index (χ4n) is 5.77. The summed E-state index contributed by atoms with van der Waals surface area (Å²) in [7, 11) is -12.0. The van der Waals surface area contributed by atoms with Crippen LogP contribution in [-0.4, -0.2) is 52.7 Å². The zero-order valence-corrected chi connectivity index (χ0v) is 35.2. The van der Waals surface area contributed by atoms with E-state index in [0.29, 0.717) is 0 Å². The molecule has 0 saturated heterocycles. The van der Waals surface area contributed by atoms with E-state index in [4.69, 9.17) is 5.26 Å². The Kier molecular flexibility index (Phi) is 23.4. The molecule has 316 valence electrons.